The highest BCUT2D eigenvalue weighted by atomic mass is 16.5. The lowest BCUT2D eigenvalue weighted by Crippen LogP contribution is -2.44. The fourth-order valence-electron chi connectivity index (χ4n) is 5.29. The molecule has 2 fully saturated rings. The molecule has 1 aliphatic heterocycles. The van der Waals surface area contributed by atoms with Crippen LogP contribution in [-0.2, 0) is 15.1 Å². The standard InChI is InChI=1S/C26H35N3O3/c30-25(26(31,23-8-4-5-9-23)22-6-2-1-3-7-22)32-19-21(24-18-28-16-17-29-24)11-10-20-12-14-27-15-13-20/h1-3,6-7,16-18,20-21,23,27,31H,4-5,8-15,19H2. The average molecular weight is 438 g/mol. The van der Waals surface area contributed by atoms with Crippen molar-refractivity contribution in [3.63, 3.8) is 0 Å². The first-order chi connectivity index (χ1) is 15.7. The summed E-state index contributed by atoms with van der Waals surface area (Å²) in [6.07, 6.45) is 13.2. The monoisotopic (exact) mass is 437 g/mol. The first-order valence-electron chi connectivity index (χ1n) is 12.1. The van der Waals surface area contributed by atoms with Gasteiger partial charge in [0.1, 0.15) is 0 Å². The Morgan fingerprint density at radius 1 is 1.12 bits per heavy atom. The van der Waals surface area contributed by atoms with E-state index in [2.05, 4.69) is 15.3 Å². The van der Waals surface area contributed by atoms with E-state index in [1.807, 2.05) is 30.3 Å². The predicted octanol–water partition coefficient (Wildman–Crippen LogP) is 3.96. The van der Waals surface area contributed by atoms with Crippen molar-refractivity contribution in [2.75, 3.05) is 19.7 Å². The van der Waals surface area contributed by atoms with Gasteiger partial charge in [0.25, 0.3) is 0 Å². The van der Waals surface area contributed by atoms with Crippen molar-refractivity contribution in [1.82, 2.24) is 15.3 Å². The molecule has 2 aliphatic rings. The lowest BCUT2D eigenvalue weighted by molar-refractivity contribution is -0.174. The summed E-state index contributed by atoms with van der Waals surface area (Å²) >= 11 is 0. The molecule has 4 rings (SSSR count). The van der Waals surface area contributed by atoms with Crippen molar-refractivity contribution in [3.8, 4) is 0 Å². The molecule has 1 aromatic heterocycles. The second-order valence-electron chi connectivity index (χ2n) is 9.31. The van der Waals surface area contributed by atoms with Crippen LogP contribution in [0.3, 0.4) is 0 Å². The molecule has 1 saturated carbocycles. The van der Waals surface area contributed by atoms with E-state index in [0.717, 1.165) is 57.3 Å². The summed E-state index contributed by atoms with van der Waals surface area (Å²) in [7, 11) is 0. The minimum Gasteiger partial charge on any atom is -0.463 e. The van der Waals surface area contributed by atoms with E-state index >= 15 is 0 Å². The molecule has 2 aromatic rings. The fraction of sp³-hybridized carbons (Fsp3) is 0.577. The summed E-state index contributed by atoms with van der Waals surface area (Å²) in [4.78, 5) is 22.1. The van der Waals surface area contributed by atoms with E-state index in [1.165, 1.54) is 12.8 Å². The average Bonchev–Trinajstić information content (AvgIpc) is 3.41. The molecule has 2 unspecified atom stereocenters. The van der Waals surface area contributed by atoms with Crippen LogP contribution in [0.5, 0.6) is 0 Å². The van der Waals surface area contributed by atoms with E-state index in [9.17, 15) is 9.90 Å². The van der Waals surface area contributed by atoms with Gasteiger partial charge in [-0.1, -0.05) is 43.2 Å². The van der Waals surface area contributed by atoms with Crippen LogP contribution in [0.2, 0.25) is 0 Å². The van der Waals surface area contributed by atoms with E-state index in [4.69, 9.17) is 4.74 Å². The highest BCUT2D eigenvalue weighted by Gasteiger charge is 2.48. The molecule has 6 heteroatoms. The molecule has 32 heavy (non-hydrogen) atoms. The number of ether oxygens (including phenoxy) is 1. The van der Waals surface area contributed by atoms with Crippen molar-refractivity contribution < 1.29 is 14.6 Å². The highest BCUT2D eigenvalue weighted by Crippen LogP contribution is 2.41. The molecular weight excluding hydrogens is 402 g/mol. The third-order valence-electron chi connectivity index (χ3n) is 7.27. The number of rotatable bonds is 9. The quantitative estimate of drug-likeness (QED) is 0.578. The van der Waals surface area contributed by atoms with Crippen molar-refractivity contribution in [1.29, 1.82) is 0 Å². The number of benzene rings is 1. The molecule has 1 aromatic carbocycles. The second-order valence-corrected chi connectivity index (χ2v) is 9.31. The molecule has 0 amide bonds. The van der Waals surface area contributed by atoms with Crippen molar-refractivity contribution in [3.05, 3.63) is 60.2 Å². The fourth-order valence-corrected chi connectivity index (χ4v) is 5.29. The van der Waals surface area contributed by atoms with E-state index in [-0.39, 0.29) is 18.4 Å². The smallest absolute Gasteiger partial charge is 0.343 e. The highest BCUT2D eigenvalue weighted by molar-refractivity contribution is 5.81. The van der Waals surface area contributed by atoms with Crippen LogP contribution in [-0.4, -0.2) is 40.7 Å². The molecule has 1 aliphatic carbocycles. The van der Waals surface area contributed by atoms with E-state index in [0.29, 0.717) is 11.5 Å². The van der Waals surface area contributed by atoms with Gasteiger partial charge in [-0.25, -0.2) is 4.79 Å². The van der Waals surface area contributed by atoms with Crippen LogP contribution in [0.15, 0.2) is 48.9 Å². The molecule has 172 valence electrons. The van der Waals surface area contributed by atoms with Gasteiger partial charge >= 0.3 is 5.97 Å². The van der Waals surface area contributed by atoms with Crippen molar-refractivity contribution in [2.24, 2.45) is 11.8 Å². The minimum absolute atomic E-state index is 0.0221. The molecule has 0 bridgehead atoms. The van der Waals surface area contributed by atoms with Crippen molar-refractivity contribution >= 4 is 5.97 Å². The third-order valence-corrected chi connectivity index (χ3v) is 7.27. The third kappa shape index (κ3) is 5.36. The Kier molecular flexibility index (Phi) is 7.87. The van der Waals surface area contributed by atoms with Gasteiger partial charge in [0.15, 0.2) is 5.60 Å². The number of carbonyl (C=O) groups excluding carboxylic acids is 1. The summed E-state index contributed by atoms with van der Waals surface area (Å²) < 4.78 is 5.86. The Morgan fingerprint density at radius 2 is 1.88 bits per heavy atom. The summed E-state index contributed by atoms with van der Waals surface area (Å²) in [6.45, 7) is 2.35. The maximum Gasteiger partial charge on any atom is 0.343 e. The number of aromatic nitrogens is 2. The normalized spacial score (nSPS) is 20.5. The lowest BCUT2D eigenvalue weighted by atomic mass is 9.80. The van der Waals surface area contributed by atoms with Crippen LogP contribution in [0, 0.1) is 11.8 Å². The van der Waals surface area contributed by atoms with Crippen LogP contribution in [0.4, 0.5) is 0 Å². The van der Waals surface area contributed by atoms with Gasteiger partial charge in [-0.3, -0.25) is 9.97 Å². The number of carbonyl (C=O) groups is 1. The summed E-state index contributed by atoms with van der Waals surface area (Å²) in [5.41, 5.74) is -0.124. The SMILES string of the molecule is O=C(OCC(CCC1CCNCC1)c1cnccn1)C(O)(c1ccccc1)C1CCCC1. The van der Waals surface area contributed by atoms with Gasteiger partial charge in [0, 0.05) is 30.4 Å². The first-order valence-corrected chi connectivity index (χ1v) is 12.1. The minimum atomic E-state index is -1.60. The zero-order chi connectivity index (χ0) is 22.2. The van der Waals surface area contributed by atoms with Gasteiger partial charge < -0.3 is 15.2 Å². The zero-order valence-electron chi connectivity index (χ0n) is 18.8. The topological polar surface area (TPSA) is 84.3 Å². The van der Waals surface area contributed by atoms with Gasteiger partial charge in [-0.05, 0) is 63.1 Å². The van der Waals surface area contributed by atoms with Gasteiger partial charge in [-0.2, -0.15) is 0 Å². The Hall–Kier alpha value is -2.31. The Balaban J connectivity index is 1.47. The molecule has 2 N–H and O–H groups in total. The lowest BCUT2D eigenvalue weighted by Gasteiger charge is -2.33. The maximum absolute atomic E-state index is 13.4. The Morgan fingerprint density at radius 3 is 2.56 bits per heavy atom. The number of hydrogen-bond acceptors (Lipinski definition) is 6. The maximum atomic E-state index is 13.4. The Bertz CT molecular complexity index is 836. The number of hydrogen-bond donors (Lipinski definition) is 2. The largest absolute Gasteiger partial charge is 0.463 e. The second kappa shape index (κ2) is 11.0. The first kappa shape index (κ1) is 22.9. The molecule has 6 nitrogen and oxygen atoms in total. The van der Waals surface area contributed by atoms with E-state index < -0.39 is 11.6 Å². The number of esters is 1. The van der Waals surface area contributed by atoms with E-state index in [1.54, 1.807) is 18.6 Å². The zero-order valence-corrected chi connectivity index (χ0v) is 18.8. The number of nitrogens with one attached hydrogen (secondary N) is 1. The van der Waals surface area contributed by atoms with Crippen molar-refractivity contribution in [2.45, 2.75) is 62.9 Å². The van der Waals surface area contributed by atoms with Gasteiger partial charge in [-0.15, -0.1) is 0 Å². The predicted molar refractivity (Wildman–Crippen MR) is 123 cm³/mol. The molecule has 2 heterocycles. The Labute approximate surface area is 190 Å². The van der Waals surface area contributed by atoms with Crippen LogP contribution < -0.4 is 5.32 Å². The summed E-state index contributed by atoms with van der Waals surface area (Å²) in [6, 6.07) is 9.29. The summed E-state index contributed by atoms with van der Waals surface area (Å²) in [5.74, 6) is 0.0189. The van der Waals surface area contributed by atoms with Crippen LogP contribution in [0.25, 0.3) is 0 Å². The van der Waals surface area contributed by atoms with Crippen LogP contribution in [0.1, 0.15) is 68.5 Å². The molecule has 2 atom stereocenters. The van der Waals surface area contributed by atoms with Crippen LogP contribution >= 0.6 is 0 Å². The number of piperidine rings is 1. The van der Waals surface area contributed by atoms with Gasteiger partial charge in [0.2, 0.25) is 0 Å². The molecule has 1 saturated heterocycles. The molecule has 0 radical (unpaired) electrons. The molecule has 0 spiro atoms. The van der Waals surface area contributed by atoms with Gasteiger partial charge in [0.05, 0.1) is 12.3 Å². The molecular formula is C26H35N3O3. The number of aliphatic hydroxyl groups is 1. The number of nitrogens with zero attached hydrogens (tertiary/aromatic N) is 2. The summed E-state index contributed by atoms with van der Waals surface area (Å²) in [5, 5.41) is 15.1.